The first-order chi connectivity index (χ1) is 15.6. The average molecular weight is 480 g/mol. The second-order valence-electron chi connectivity index (χ2n) is 7.70. The third-order valence-corrected chi connectivity index (χ3v) is 6.62. The summed E-state index contributed by atoms with van der Waals surface area (Å²) in [5, 5.41) is 0. The Balaban J connectivity index is 1.41. The fourth-order valence-corrected chi connectivity index (χ4v) is 4.79. The normalized spacial score (nSPS) is 14.5. The molecule has 0 fully saturated rings. The molecule has 4 rings (SSSR count). The Morgan fingerprint density at radius 2 is 1.64 bits per heavy atom. The third kappa shape index (κ3) is 6.02. The molecule has 0 bridgehead atoms. The molecule has 0 atom stereocenters. The van der Waals surface area contributed by atoms with Crippen LogP contribution in [0.3, 0.4) is 0 Å². The molecule has 0 radical (unpaired) electrons. The highest BCUT2D eigenvalue weighted by Crippen LogP contribution is 2.26. The van der Waals surface area contributed by atoms with Crippen LogP contribution >= 0.6 is 0 Å². The maximum Gasteiger partial charge on any atom is 0.573 e. The van der Waals surface area contributed by atoms with Crippen LogP contribution in [-0.2, 0) is 29.5 Å². The molecule has 3 aromatic rings. The molecule has 0 saturated carbocycles. The number of hydrogen-bond donors (Lipinski definition) is 1. The van der Waals surface area contributed by atoms with Gasteiger partial charge in [0.2, 0.25) is 0 Å². The van der Waals surface area contributed by atoms with Gasteiger partial charge in [-0.2, -0.15) is 0 Å². The Morgan fingerprint density at radius 1 is 0.939 bits per heavy atom. The van der Waals surface area contributed by atoms with Crippen LogP contribution in [0, 0.1) is 5.82 Å². The standard InChI is InChI=1S/C23H20F4N2O3S/c24-19-4-6-20(7-5-19)28-33(30,31)22-10-3-18-15-29(12-11-17(18)13-22)14-16-1-8-21(9-2-16)32-23(25,26)27/h1-10,13,28H,11-12,14-15H2. The highest BCUT2D eigenvalue weighted by atomic mass is 32.2. The Bertz CT molecular complexity index is 1230. The molecule has 3 aromatic carbocycles. The summed E-state index contributed by atoms with van der Waals surface area (Å²) in [4.78, 5) is 2.26. The minimum atomic E-state index is -4.72. The molecule has 0 amide bonds. The maximum absolute atomic E-state index is 13.0. The molecule has 0 saturated heterocycles. The average Bonchev–Trinajstić information content (AvgIpc) is 2.75. The molecule has 1 aliphatic rings. The number of ether oxygens (including phenoxy) is 1. The zero-order valence-electron chi connectivity index (χ0n) is 17.3. The van der Waals surface area contributed by atoms with E-state index in [4.69, 9.17) is 0 Å². The minimum Gasteiger partial charge on any atom is -0.406 e. The van der Waals surface area contributed by atoms with E-state index >= 15 is 0 Å². The third-order valence-electron chi connectivity index (χ3n) is 5.24. The lowest BCUT2D eigenvalue weighted by Gasteiger charge is -2.29. The van der Waals surface area contributed by atoms with Crippen molar-refractivity contribution >= 4 is 15.7 Å². The van der Waals surface area contributed by atoms with Crippen molar-refractivity contribution in [2.75, 3.05) is 11.3 Å². The summed E-state index contributed by atoms with van der Waals surface area (Å²) in [7, 11) is -3.82. The quantitative estimate of drug-likeness (QED) is 0.500. The number of sulfonamides is 1. The first kappa shape index (κ1) is 23.1. The van der Waals surface area contributed by atoms with E-state index in [9.17, 15) is 26.0 Å². The molecule has 5 nitrogen and oxygen atoms in total. The summed E-state index contributed by atoms with van der Waals surface area (Å²) in [5.41, 5.74) is 3.02. The lowest BCUT2D eigenvalue weighted by molar-refractivity contribution is -0.274. The van der Waals surface area contributed by atoms with Crippen molar-refractivity contribution in [2.45, 2.75) is 30.8 Å². The van der Waals surface area contributed by atoms with Crippen LogP contribution in [0.1, 0.15) is 16.7 Å². The number of fused-ring (bicyclic) bond motifs is 1. The van der Waals surface area contributed by atoms with Crippen LogP contribution in [0.2, 0.25) is 0 Å². The molecule has 1 heterocycles. The zero-order valence-corrected chi connectivity index (χ0v) is 18.1. The van der Waals surface area contributed by atoms with Gasteiger partial charge >= 0.3 is 6.36 Å². The molecular formula is C23H20F4N2O3S. The van der Waals surface area contributed by atoms with Gasteiger partial charge in [0.25, 0.3) is 10.0 Å². The number of nitrogens with zero attached hydrogens (tertiary/aromatic N) is 1. The van der Waals surface area contributed by atoms with Crippen LogP contribution in [0.25, 0.3) is 0 Å². The summed E-state index contributed by atoms with van der Waals surface area (Å²) in [6, 6.07) is 15.7. The molecule has 0 unspecified atom stereocenters. The van der Waals surface area contributed by atoms with Crippen molar-refractivity contribution < 1.29 is 30.7 Å². The number of anilines is 1. The highest BCUT2D eigenvalue weighted by Gasteiger charge is 2.31. The second-order valence-corrected chi connectivity index (χ2v) is 9.38. The summed E-state index contributed by atoms with van der Waals surface area (Å²) >= 11 is 0. The lowest BCUT2D eigenvalue weighted by Crippen LogP contribution is -2.30. The van der Waals surface area contributed by atoms with Gasteiger partial charge in [0.1, 0.15) is 11.6 Å². The van der Waals surface area contributed by atoms with E-state index in [0.717, 1.165) is 16.7 Å². The number of halogens is 4. The molecule has 0 aliphatic carbocycles. The first-order valence-electron chi connectivity index (χ1n) is 10.0. The molecule has 33 heavy (non-hydrogen) atoms. The van der Waals surface area contributed by atoms with Crippen molar-refractivity contribution in [2.24, 2.45) is 0 Å². The van der Waals surface area contributed by atoms with Crippen molar-refractivity contribution in [3.8, 4) is 5.75 Å². The summed E-state index contributed by atoms with van der Waals surface area (Å²) in [6.07, 6.45) is -4.09. The minimum absolute atomic E-state index is 0.124. The van der Waals surface area contributed by atoms with Gasteiger partial charge in [-0.3, -0.25) is 9.62 Å². The molecule has 0 spiro atoms. The molecule has 1 aliphatic heterocycles. The SMILES string of the molecule is O=S(=O)(Nc1ccc(F)cc1)c1ccc2c(c1)CCN(Cc1ccc(OC(F)(F)F)cc1)C2. The van der Waals surface area contributed by atoms with Gasteiger partial charge in [0, 0.05) is 25.3 Å². The smallest absolute Gasteiger partial charge is 0.406 e. The Labute approximate surface area is 188 Å². The molecular weight excluding hydrogens is 460 g/mol. The predicted octanol–water partition coefficient (Wildman–Crippen LogP) is 5.08. The Hall–Kier alpha value is -3.11. The van der Waals surface area contributed by atoms with Crippen LogP contribution in [0.15, 0.2) is 71.6 Å². The van der Waals surface area contributed by atoms with E-state index in [1.807, 2.05) is 0 Å². The maximum atomic E-state index is 13.0. The number of rotatable bonds is 6. The van der Waals surface area contributed by atoms with Gasteiger partial charge in [-0.1, -0.05) is 18.2 Å². The highest BCUT2D eigenvalue weighted by molar-refractivity contribution is 7.92. The van der Waals surface area contributed by atoms with E-state index in [-0.39, 0.29) is 16.3 Å². The van der Waals surface area contributed by atoms with E-state index in [2.05, 4.69) is 14.4 Å². The number of hydrogen-bond acceptors (Lipinski definition) is 4. The number of alkyl halides is 3. The van der Waals surface area contributed by atoms with Crippen molar-refractivity contribution in [1.82, 2.24) is 4.90 Å². The fraction of sp³-hybridized carbons (Fsp3) is 0.217. The van der Waals surface area contributed by atoms with Crippen LogP contribution in [-0.4, -0.2) is 26.2 Å². The molecule has 0 aromatic heterocycles. The van der Waals surface area contributed by atoms with Gasteiger partial charge < -0.3 is 4.74 Å². The van der Waals surface area contributed by atoms with E-state index in [0.29, 0.717) is 26.1 Å². The van der Waals surface area contributed by atoms with E-state index in [1.165, 1.54) is 42.5 Å². The fourth-order valence-electron chi connectivity index (χ4n) is 3.68. The summed E-state index contributed by atoms with van der Waals surface area (Å²) in [5.74, 6) is -0.722. The largest absolute Gasteiger partial charge is 0.573 e. The Kier molecular flexibility index (Phi) is 6.31. The number of benzene rings is 3. The van der Waals surface area contributed by atoms with Crippen LogP contribution in [0.4, 0.5) is 23.2 Å². The van der Waals surface area contributed by atoms with Gasteiger partial charge in [-0.05, 0) is 71.6 Å². The van der Waals surface area contributed by atoms with E-state index < -0.39 is 22.2 Å². The molecule has 10 heteroatoms. The van der Waals surface area contributed by atoms with Crippen LogP contribution in [0.5, 0.6) is 5.75 Å². The Morgan fingerprint density at radius 3 is 2.30 bits per heavy atom. The monoisotopic (exact) mass is 480 g/mol. The topological polar surface area (TPSA) is 58.6 Å². The molecule has 174 valence electrons. The van der Waals surface area contributed by atoms with Gasteiger partial charge in [0.15, 0.2) is 0 Å². The first-order valence-corrected chi connectivity index (χ1v) is 11.5. The molecule has 1 N–H and O–H groups in total. The van der Waals surface area contributed by atoms with Gasteiger partial charge in [0.05, 0.1) is 4.90 Å². The van der Waals surface area contributed by atoms with Gasteiger partial charge in [-0.25, -0.2) is 12.8 Å². The number of nitrogens with one attached hydrogen (secondary N) is 1. The van der Waals surface area contributed by atoms with Gasteiger partial charge in [-0.15, -0.1) is 13.2 Å². The van der Waals surface area contributed by atoms with E-state index in [1.54, 1.807) is 24.3 Å². The van der Waals surface area contributed by atoms with Crippen molar-refractivity contribution in [1.29, 1.82) is 0 Å². The summed E-state index contributed by atoms with van der Waals surface area (Å²) in [6.45, 7) is 1.79. The predicted molar refractivity (Wildman–Crippen MR) is 115 cm³/mol. The zero-order chi connectivity index (χ0) is 23.6. The van der Waals surface area contributed by atoms with Crippen LogP contribution < -0.4 is 9.46 Å². The van der Waals surface area contributed by atoms with Crippen molar-refractivity contribution in [3.05, 3.63) is 89.2 Å². The lowest BCUT2D eigenvalue weighted by atomic mass is 9.99. The van der Waals surface area contributed by atoms with Crippen molar-refractivity contribution in [3.63, 3.8) is 0 Å². The second kappa shape index (κ2) is 9.03. The summed E-state index contributed by atoms with van der Waals surface area (Å²) < 4.78 is 81.7.